The lowest BCUT2D eigenvalue weighted by Gasteiger charge is -2.16. The minimum Gasteiger partial charge on any atom is -0.493 e. The Balaban J connectivity index is 1.35. The molecule has 2 heterocycles. The van der Waals surface area contributed by atoms with Crippen LogP contribution in [0.3, 0.4) is 0 Å². The standard InChI is InChI=1S/C21H21N3O4S/c1-26-17-8-7-15(13-18(17)27-2)20-22-23-21(28-20)29-12-10-19(25)24-11-9-14-5-3-4-6-16(14)24/h3-8,13H,9-12H2,1-2H3. The van der Waals surface area contributed by atoms with Crippen LogP contribution in [0.5, 0.6) is 11.5 Å². The summed E-state index contributed by atoms with van der Waals surface area (Å²) in [4.78, 5) is 14.4. The number of nitrogens with zero attached hydrogens (tertiary/aromatic N) is 3. The monoisotopic (exact) mass is 411 g/mol. The summed E-state index contributed by atoms with van der Waals surface area (Å²) in [7, 11) is 3.16. The molecule has 2 aromatic carbocycles. The van der Waals surface area contributed by atoms with Gasteiger partial charge < -0.3 is 18.8 Å². The van der Waals surface area contributed by atoms with Crippen molar-refractivity contribution < 1.29 is 18.7 Å². The van der Waals surface area contributed by atoms with E-state index in [0.717, 1.165) is 24.2 Å². The van der Waals surface area contributed by atoms with Crippen molar-refractivity contribution in [3.05, 3.63) is 48.0 Å². The number of methoxy groups -OCH3 is 2. The Hall–Kier alpha value is -3.00. The number of carbonyl (C=O) groups is 1. The Morgan fingerprint density at radius 3 is 2.79 bits per heavy atom. The summed E-state index contributed by atoms with van der Waals surface area (Å²) in [5.41, 5.74) is 2.99. The van der Waals surface area contributed by atoms with E-state index in [9.17, 15) is 4.79 Å². The summed E-state index contributed by atoms with van der Waals surface area (Å²) in [6, 6.07) is 13.5. The first kappa shape index (κ1) is 19.3. The third kappa shape index (κ3) is 4.07. The van der Waals surface area contributed by atoms with Gasteiger partial charge in [0.25, 0.3) is 5.22 Å². The molecular formula is C21H21N3O4S. The summed E-state index contributed by atoms with van der Waals surface area (Å²) < 4.78 is 16.3. The van der Waals surface area contributed by atoms with Gasteiger partial charge in [-0.3, -0.25) is 4.79 Å². The molecule has 0 fully saturated rings. The highest BCUT2D eigenvalue weighted by atomic mass is 32.2. The van der Waals surface area contributed by atoms with Crippen molar-refractivity contribution in [1.82, 2.24) is 10.2 Å². The van der Waals surface area contributed by atoms with E-state index in [1.807, 2.05) is 29.2 Å². The molecule has 1 aromatic heterocycles. The molecule has 8 heteroatoms. The van der Waals surface area contributed by atoms with E-state index in [2.05, 4.69) is 16.3 Å². The molecular weight excluding hydrogens is 390 g/mol. The Labute approximate surface area is 173 Å². The van der Waals surface area contributed by atoms with Gasteiger partial charge in [-0.05, 0) is 36.2 Å². The van der Waals surface area contributed by atoms with Crippen LogP contribution < -0.4 is 14.4 Å². The van der Waals surface area contributed by atoms with Crippen molar-refractivity contribution in [2.75, 3.05) is 31.4 Å². The zero-order valence-corrected chi connectivity index (χ0v) is 17.1. The molecule has 0 radical (unpaired) electrons. The van der Waals surface area contributed by atoms with Crippen LogP contribution in [0.2, 0.25) is 0 Å². The number of anilines is 1. The lowest BCUT2D eigenvalue weighted by molar-refractivity contribution is -0.118. The van der Waals surface area contributed by atoms with Gasteiger partial charge in [0.2, 0.25) is 11.8 Å². The number of carbonyl (C=O) groups excluding carboxylic acids is 1. The van der Waals surface area contributed by atoms with Gasteiger partial charge in [-0.15, -0.1) is 10.2 Å². The molecule has 29 heavy (non-hydrogen) atoms. The van der Waals surface area contributed by atoms with Crippen LogP contribution in [-0.2, 0) is 11.2 Å². The van der Waals surface area contributed by atoms with Gasteiger partial charge in [0.05, 0.1) is 14.2 Å². The predicted molar refractivity (Wildman–Crippen MR) is 111 cm³/mol. The van der Waals surface area contributed by atoms with Crippen molar-refractivity contribution in [3.8, 4) is 23.0 Å². The van der Waals surface area contributed by atoms with Crippen molar-refractivity contribution in [2.45, 2.75) is 18.1 Å². The van der Waals surface area contributed by atoms with E-state index < -0.39 is 0 Å². The van der Waals surface area contributed by atoms with Crippen LogP contribution in [0, 0.1) is 0 Å². The fourth-order valence-electron chi connectivity index (χ4n) is 3.31. The molecule has 0 unspecified atom stereocenters. The van der Waals surface area contributed by atoms with Gasteiger partial charge in [-0.25, -0.2) is 0 Å². The van der Waals surface area contributed by atoms with Crippen molar-refractivity contribution >= 4 is 23.4 Å². The molecule has 3 aromatic rings. The summed E-state index contributed by atoms with van der Waals surface area (Å²) in [6.07, 6.45) is 1.32. The molecule has 7 nitrogen and oxygen atoms in total. The molecule has 4 rings (SSSR count). The van der Waals surface area contributed by atoms with E-state index in [-0.39, 0.29) is 5.91 Å². The SMILES string of the molecule is COc1ccc(-c2nnc(SCCC(=O)N3CCc4ccccc43)o2)cc1OC. The summed E-state index contributed by atoms with van der Waals surface area (Å²) in [5, 5.41) is 8.60. The number of hydrogen-bond donors (Lipinski definition) is 0. The first-order valence-electron chi connectivity index (χ1n) is 9.26. The lowest BCUT2D eigenvalue weighted by atomic mass is 10.2. The average molecular weight is 411 g/mol. The number of ether oxygens (including phenoxy) is 2. The van der Waals surface area contributed by atoms with Gasteiger partial charge in [0.15, 0.2) is 11.5 Å². The number of para-hydroxylation sites is 1. The number of hydrogen-bond acceptors (Lipinski definition) is 7. The van der Waals surface area contributed by atoms with Gasteiger partial charge >= 0.3 is 0 Å². The van der Waals surface area contributed by atoms with Crippen LogP contribution >= 0.6 is 11.8 Å². The first-order valence-corrected chi connectivity index (χ1v) is 10.2. The topological polar surface area (TPSA) is 77.7 Å². The van der Waals surface area contributed by atoms with Crippen molar-refractivity contribution in [2.24, 2.45) is 0 Å². The van der Waals surface area contributed by atoms with Gasteiger partial charge in [0.1, 0.15) is 0 Å². The summed E-state index contributed by atoms with van der Waals surface area (Å²) >= 11 is 1.38. The number of rotatable bonds is 7. The normalized spacial score (nSPS) is 12.7. The Morgan fingerprint density at radius 1 is 1.14 bits per heavy atom. The second-order valence-electron chi connectivity index (χ2n) is 6.47. The van der Waals surface area contributed by atoms with Gasteiger partial charge in [-0.1, -0.05) is 30.0 Å². The largest absolute Gasteiger partial charge is 0.493 e. The fourth-order valence-corrected chi connectivity index (χ4v) is 4.00. The Kier molecular flexibility index (Phi) is 5.71. The highest BCUT2D eigenvalue weighted by Crippen LogP contribution is 2.33. The summed E-state index contributed by atoms with van der Waals surface area (Å²) in [5.74, 6) is 2.31. The smallest absolute Gasteiger partial charge is 0.276 e. The minimum absolute atomic E-state index is 0.113. The fraction of sp³-hybridized carbons (Fsp3) is 0.286. The second-order valence-corrected chi connectivity index (χ2v) is 7.51. The van der Waals surface area contributed by atoms with Crippen LogP contribution in [0.4, 0.5) is 5.69 Å². The molecule has 1 amide bonds. The predicted octanol–water partition coefficient (Wildman–Crippen LogP) is 3.83. The molecule has 0 spiro atoms. The highest BCUT2D eigenvalue weighted by molar-refractivity contribution is 7.99. The maximum absolute atomic E-state index is 12.6. The molecule has 0 bridgehead atoms. The quantitative estimate of drug-likeness (QED) is 0.547. The Morgan fingerprint density at radius 2 is 1.97 bits per heavy atom. The average Bonchev–Trinajstić information content (AvgIpc) is 3.40. The molecule has 150 valence electrons. The van der Waals surface area contributed by atoms with Gasteiger partial charge in [0, 0.05) is 30.0 Å². The van der Waals surface area contributed by atoms with E-state index >= 15 is 0 Å². The van der Waals surface area contributed by atoms with E-state index in [1.165, 1.54) is 17.3 Å². The number of thioether (sulfide) groups is 1. The third-order valence-electron chi connectivity index (χ3n) is 4.77. The van der Waals surface area contributed by atoms with E-state index in [0.29, 0.717) is 34.8 Å². The number of fused-ring (bicyclic) bond motifs is 1. The van der Waals surface area contributed by atoms with Crippen molar-refractivity contribution in [3.63, 3.8) is 0 Å². The maximum Gasteiger partial charge on any atom is 0.276 e. The molecule has 0 saturated carbocycles. The van der Waals surface area contributed by atoms with Gasteiger partial charge in [-0.2, -0.15) is 0 Å². The highest BCUT2D eigenvalue weighted by Gasteiger charge is 2.23. The maximum atomic E-state index is 12.6. The molecule has 0 aliphatic carbocycles. The molecule has 1 aliphatic heterocycles. The Bertz CT molecular complexity index is 1020. The number of amides is 1. The number of aromatic nitrogens is 2. The van der Waals surface area contributed by atoms with Crippen LogP contribution in [0.15, 0.2) is 52.1 Å². The molecule has 1 aliphatic rings. The molecule has 0 N–H and O–H groups in total. The minimum atomic E-state index is 0.113. The second kappa shape index (κ2) is 8.57. The third-order valence-corrected chi connectivity index (χ3v) is 5.59. The van der Waals surface area contributed by atoms with E-state index in [1.54, 1.807) is 26.4 Å². The zero-order chi connectivity index (χ0) is 20.2. The van der Waals surface area contributed by atoms with Crippen LogP contribution in [0.25, 0.3) is 11.5 Å². The van der Waals surface area contributed by atoms with Crippen LogP contribution in [-0.4, -0.2) is 42.6 Å². The van der Waals surface area contributed by atoms with Crippen LogP contribution in [0.1, 0.15) is 12.0 Å². The van der Waals surface area contributed by atoms with Crippen molar-refractivity contribution in [1.29, 1.82) is 0 Å². The zero-order valence-electron chi connectivity index (χ0n) is 16.3. The lowest BCUT2D eigenvalue weighted by Crippen LogP contribution is -2.29. The van der Waals surface area contributed by atoms with E-state index in [4.69, 9.17) is 13.9 Å². The number of benzene rings is 2. The molecule has 0 saturated heterocycles. The first-order chi connectivity index (χ1) is 14.2. The molecule has 0 atom stereocenters. The summed E-state index contributed by atoms with van der Waals surface area (Å²) in [6.45, 7) is 0.743.